The SMILES string of the molecule is CCNC(=NCCNC(=O)C1CC1)NC1CCN(c2cc(Cl)ccc2OC)C1. The van der Waals surface area contributed by atoms with E-state index in [0.717, 1.165) is 56.3 Å². The van der Waals surface area contributed by atoms with Crippen molar-refractivity contribution in [1.29, 1.82) is 0 Å². The van der Waals surface area contributed by atoms with Crippen molar-refractivity contribution >= 4 is 29.2 Å². The van der Waals surface area contributed by atoms with Crippen LogP contribution in [0.4, 0.5) is 5.69 Å². The predicted molar refractivity (Wildman–Crippen MR) is 113 cm³/mol. The Balaban J connectivity index is 1.52. The Morgan fingerprint density at radius 3 is 2.86 bits per heavy atom. The van der Waals surface area contributed by atoms with Crippen LogP contribution in [0.15, 0.2) is 23.2 Å². The van der Waals surface area contributed by atoms with Crippen molar-refractivity contribution in [2.45, 2.75) is 32.2 Å². The van der Waals surface area contributed by atoms with Crippen molar-refractivity contribution in [1.82, 2.24) is 16.0 Å². The molecule has 0 spiro atoms. The van der Waals surface area contributed by atoms with E-state index in [1.807, 2.05) is 25.1 Å². The summed E-state index contributed by atoms with van der Waals surface area (Å²) in [5.74, 6) is 2.02. The molecule has 1 amide bonds. The first-order chi connectivity index (χ1) is 13.6. The van der Waals surface area contributed by atoms with Gasteiger partial charge in [-0.25, -0.2) is 0 Å². The topological polar surface area (TPSA) is 78.0 Å². The number of carbonyl (C=O) groups is 1. The van der Waals surface area contributed by atoms with Crippen molar-refractivity contribution in [3.05, 3.63) is 23.2 Å². The lowest BCUT2D eigenvalue weighted by molar-refractivity contribution is -0.122. The molecule has 3 rings (SSSR count). The second kappa shape index (κ2) is 9.87. The number of benzene rings is 1. The van der Waals surface area contributed by atoms with E-state index in [-0.39, 0.29) is 17.9 Å². The van der Waals surface area contributed by atoms with Gasteiger partial charge in [-0.05, 0) is 44.4 Å². The maximum Gasteiger partial charge on any atom is 0.223 e. The fourth-order valence-corrected chi connectivity index (χ4v) is 3.52. The Kier molecular flexibility index (Phi) is 7.25. The van der Waals surface area contributed by atoms with Gasteiger partial charge in [0.25, 0.3) is 0 Å². The van der Waals surface area contributed by atoms with Gasteiger partial charge in [0.15, 0.2) is 5.96 Å². The van der Waals surface area contributed by atoms with Crippen LogP contribution in [0, 0.1) is 5.92 Å². The summed E-state index contributed by atoms with van der Waals surface area (Å²) < 4.78 is 5.48. The van der Waals surface area contributed by atoms with Crippen LogP contribution in [0.3, 0.4) is 0 Å². The Labute approximate surface area is 171 Å². The fraction of sp³-hybridized carbons (Fsp3) is 0.600. The van der Waals surface area contributed by atoms with Crippen molar-refractivity contribution in [3.8, 4) is 5.75 Å². The number of hydrogen-bond donors (Lipinski definition) is 3. The summed E-state index contributed by atoms with van der Waals surface area (Å²) in [7, 11) is 1.68. The highest BCUT2D eigenvalue weighted by Crippen LogP contribution is 2.33. The van der Waals surface area contributed by atoms with Crippen LogP contribution in [0.2, 0.25) is 5.02 Å². The molecule has 1 aliphatic carbocycles. The van der Waals surface area contributed by atoms with Gasteiger partial charge in [-0.15, -0.1) is 0 Å². The first kappa shape index (κ1) is 20.6. The lowest BCUT2D eigenvalue weighted by Gasteiger charge is -2.22. The molecule has 8 heteroatoms. The van der Waals surface area contributed by atoms with E-state index >= 15 is 0 Å². The quantitative estimate of drug-likeness (QED) is 0.349. The zero-order valence-electron chi connectivity index (χ0n) is 16.6. The number of guanidine groups is 1. The monoisotopic (exact) mass is 407 g/mol. The number of rotatable bonds is 8. The Morgan fingerprint density at radius 2 is 2.14 bits per heavy atom. The molecule has 7 nitrogen and oxygen atoms in total. The highest BCUT2D eigenvalue weighted by Gasteiger charge is 2.29. The molecule has 1 saturated carbocycles. The molecule has 0 radical (unpaired) electrons. The molecule has 28 heavy (non-hydrogen) atoms. The zero-order chi connectivity index (χ0) is 19.9. The van der Waals surface area contributed by atoms with E-state index in [2.05, 4.69) is 25.8 Å². The molecule has 1 saturated heterocycles. The first-order valence-electron chi connectivity index (χ1n) is 10.0. The van der Waals surface area contributed by atoms with Gasteiger partial charge in [0.1, 0.15) is 5.75 Å². The number of hydrogen-bond acceptors (Lipinski definition) is 4. The standard InChI is InChI=1S/C20H30ClN5O2/c1-3-22-20(24-10-9-23-19(27)14-4-5-14)25-16-8-11-26(13-16)17-12-15(21)6-7-18(17)28-2/h6-7,12,14,16H,3-5,8-11,13H2,1-2H3,(H,23,27)(H2,22,24,25). The summed E-state index contributed by atoms with van der Waals surface area (Å²) in [6.45, 7) is 5.74. The maximum absolute atomic E-state index is 11.7. The summed E-state index contributed by atoms with van der Waals surface area (Å²) in [5, 5.41) is 10.4. The molecule has 2 fully saturated rings. The number of ether oxygens (including phenoxy) is 1. The van der Waals surface area contributed by atoms with E-state index in [0.29, 0.717) is 18.1 Å². The van der Waals surface area contributed by atoms with Crippen LogP contribution >= 0.6 is 11.6 Å². The Morgan fingerprint density at radius 1 is 1.32 bits per heavy atom. The molecule has 154 valence electrons. The third-order valence-corrected chi connectivity index (χ3v) is 5.22. The van der Waals surface area contributed by atoms with E-state index in [1.165, 1.54) is 0 Å². The van der Waals surface area contributed by atoms with Gasteiger partial charge < -0.3 is 25.6 Å². The molecule has 3 N–H and O–H groups in total. The summed E-state index contributed by atoms with van der Waals surface area (Å²) in [6.07, 6.45) is 3.04. The number of amides is 1. The van der Waals surface area contributed by atoms with E-state index in [4.69, 9.17) is 16.3 Å². The molecular formula is C20H30ClN5O2. The fourth-order valence-electron chi connectivity index (χ4n) is 3.36. The summed E-state index contributed by atoms with van der Waals surface area (Å²) in [6, 6.07) is 5.97. The van der Waals surface area contributed by atoms with Gasteiger partial charge in [0, 0.05) is 43.2 Å². The van der Waals surface area contributed by atoms with Crippen LogP contribution in [-0.4, -0.2) is 57.7 Å². The van der Waals surface area contributed by atoms with E-state index < -0.39 is 0 Å². The van der Waals surface area contributed by atoms with Crippen LogP contribution in [0.5, 0.6) is 5.75 Å². The van der Waals surface area contributed by atoms with E-state index in [1.54, 1.807) is 7.11 Å². The third-order valence-electron chi connectivity index (χ3n) is 4.98. The molecule has 0 bridgehead atoms. The molecule has 1 aliphatic heterocycles. The van der Waals surface area contributed by atoms with Gasteiger partial charge in [0.05, 0.1) is 19.3 Å². The molecule has 1 unspecified atom stereocenters. The van der Waals surface area contributed by atoms with Gasteiger partial charge in [0.2, 0.25) is 5.91 Å². The van der Waals surface area contributed by atoms with Gasteiger partial charge in [-0.3, -0.25) is 9.79 Å². The number of nitrogens with one attached hydrogen (secondary N) is 3. The van der Waals surface area contributed by atoms with Crippen molar-refractivity contribution < 1.29 is 9.53 Å². The zero-order valence-corrected chi connectivity index (χ0v) is 17.4. The van der Waals surface area contributed by atoms with Crippen molar-refractivity contribution in [3.63, 3.8) is 0 Å². The van der Waals surface area contributed by atoms with Crippen molar-refractivity contribution in [2.75, 3.05) is 44.7 Å². The first-order valence-corrected chi connectivity index (χ1v) is 10.4. The minimum absolute atomic E-state index is 0.162. The maximum atomic E-state index is 11.7. The molecule has 1 aromatic carbocycles. The highest BCUT2D eigenvalue weighted by molar-refractivity contribution is 6.30. The smallest absolute Gasteiger partial charge is 0.223 e. The second-order valence-electron chi connectivity index (χ2n) is 7.22. The van der Waals surface area contributed by atoms with Gasteiger partial charge >= 0.3 is 0 Å². The number of halogens is 1. The van der Waals surface area contributed by atoms with Crippen LogP contribution in [-0.2, 0) is 4.79 Å². The molecule has 1 heterocycles. The third kappa shape index (κ3) is 5.67. The number of carbonyl (C=O) groups excluding carboxylic acids is 1. The highest BCUT2D eigenvalue weighted by atomic mass is 35.5. The van der Waals surface area contributed by atoms with Crippen LogP contribution in [0.1, 0.15) is 26.2 Å². The average Bonchev–Trinajstić information content (AvgIpc) is 3.44. The van der Waals surface area contributed by atoms with E-state index in [9.17, 15) is 4.79 Å². The minimum Gasteiger partial charge on any atom is -0.495 e. The largest absolute Gasteiger partial charge is 0.495 e. The summed E-state index contributed by atoms with van der Waals surface area (Å²) in [5.41, 5.74) is 1.02. The normalized spacial score (nSPS) is 19.5. The predicted octanol–water partition coefficient (Wildman–Crippen LogP) is 2.01. The lowest BCUT2D eigenvalue weighted by Crippen LogP contribution is -2.45. The lowest BCUT2D eigenvalue weighted by atomic mass is 10.2. The summed E-state index contributed by atoms with van der Waals surface area (Å²) in [4.78, 5) is 18.6. The summed E-state index contributed by atoms with van der Waals surface area (Å²) >= 11 is 6.17. The minimum atomic E-state index is 0.162. The van der Waals surface area contributed by atoms with Crippen LogP contribution < -0.4 is 25.6 Å². The Bertz CT molecular complexity index is 708. The van der Waals surface area contributed by atoms with Gasteiger partial charge in [-0.2, -0.15) is 0 Å². The number of methoxy groups -OCH3 is 1. The van der Waals surface area contributed by atoms with Gasteiger partial charge in [-0.1, -0.05) is 11.6 Å². The van der Waals surface area contributed by atoms with Crippen LogP contribution in [0.25, 0.3) is 0 Å². The second-order valence-corrected chi connectivity index (χ2v) is 7.65. The molecule has 2 aliphatic rings. The molecule has 1 atom stereocenters. The van der Waals surface area contributed by atoms with Crippen molar-refractivity contribution in [2.24, 2.45) is 10.9 Å². The Hall–Kier alpha value is -2.15. The molecule has 0 aromatic heterocycles. The number of nitrogens with zero attached hydrogens (tertiary/aromatic N) is 2. The number of aliphatic imine (C=N–C) groups is 1. The molecule has 1 aromatic rings. The average molecular weight is 408 g/mol. The molecular weight excluding hydrogens is 378 g/mol. The number of anilines is 1.